The van der Waals surface area contributed by atoms with E-state index in [4.69, 9.17) is 9.97 Å². The van der Waals surface area contributed by atoms with Crippen LogP contribution >= 0.6 is 0 Å². The second-order valence-corrected chi connectivity index (χ2v) is 19.0. The predicted octanol–water partition coefficient (Wildman–Crippen LogP) is 12.5. The summed E-state index contributed by atoms with van der Waals surface area (Å²) >= 11 is 0. The fraction of sp³-hybridized carbons (Fsp3) is 0.458. The summed E-state index contributed by atoms with van der Waals surface area (Å²) in [7, 11) is 0. The number of pyridine rings is 2. The molecule has 0 spiro atoms. The van der Waals surface area contributed by atoms with Gasteiger partial charge in [0, 0.05) is 29.4 Å². The lowest BCUT2D eigenvalue weighted by Gasteiger charge is -2.43. The van der Waals surface area contributed by atoms with Crippen molar-refractivity contribution in [1.29, 1.82) is 0 Å². The first-order valence-electron chi connectivity index (χ1n) is 20.3. The van der Waals surface area contributed by atoms with Crippen molar-refractivity contribution in [3.63, 3.8) is 0 Å². The van der Waals surface area contributed by atoms with Crippen LogP contribution < -0.4 is 10.6 Å². The third-order valence-electron chi connectivity index (χ3n) is 11.4. The van der Waals surface area contributed by atoms with Crippen molar-refractivity contribution < 1.29 is 0 Å². The molecule has 6 aromatic rings. The Balaban J connectivity index is 1.11. The standard InChI is InChI=1S/C48H62N6/c1-45(2,33-47(5,6)51-43-41(37-26-16-11-17-27-37)49-38-28-18-20-30-53(38)43)32-46(3,4)34-48(7,8)52-44-42(50-39-29-19-21-31-54(39)44)40(35-22-12-9-13-23-35)36-24-14-10-15-25-36/h9-10,12-15,18-25,28-31,37,40,51-52H,11,16-17,26-27,32-34H2,1-8H3. The van der Waals surface area contributed by atoms with E-state index in [-0.39, 0.29) is 27.8 Å². The van der Waals surface area contributed by atoms with Gasteiger partial charge in [-0.1, -0.05) is 120 Å². The maximum Gasteiger partial charge on any atom is 0.138 e. The van der Waals surface area contributed by atoms with Gasteiger partial charge in [-0.05, 0) is 106 Å². The second-order valence-electron chi connectivity index (χ2n) is 19.0. The molecule has 0 radical (unpaired) electrons. The van der Waals surface area contributed by atoms with Crippen molar-refractivity contribution in [1.82, 2.24) is 18.8 Å². The zero-order valence-corrected chi connectivity index (χ0v) is 34.0. The molecule has 4 aromatic heterocycles. The third kappa shape index (κ3) is 8.53. The van der Waals surface area contributed by atoms with Crippen LogP contribution in [0.4, 0.5) is 11.6 Å². The monoisotopic (exact) mass is 723 g/mol. The van der Waals surface area contributed by atoms with E-state index in [2.05, 4.69) is 184 Å². The molecule has 0 saturated heterocycles. The van der Waals surface area contributed by atoms with Gasteiger partial charge in [0.25, 0.3) is 0 Å². The summed E-state index contributed by atoms with van der Waals surface area (Å²) in [5, 5.41) is 8.15. The normalized spacial score (nSPS) is 15.0. The van der Waals surface area contributed by atoms with E-state index in [1.165, 1.54) is 54.7 Å². The molecule has 7 rings (SSSR count). The molecular weight excluding hydrogens is 661 g/mol. The molecule has 284 valence electrons. The fourth-order valence-electron chi connectivity index (χ4n) is 10.5. The first-order chi connectivity index (χ1) is 25.7. The van der Waals surface area contributed by atoms with E-state index in [1.807, 2.05) is 0 Å². The molecule has 1 saturated carbocycles. The first kappa shape index (κ1) is 37.7. The van der Waals surface area contributed by atoms with E-state index in [0.717, 1.165) is 42.1 Å². The van der Waals surface area contributed by atoms with Crippen molar-refractivity contribution >= 4 is 22.9 Å². The molecule has 2 aromatic carbocycles. The van der Waals surface area contributed by atoms with Crippen molar-refractivity contribution in [2.45, 2.75) is 130 Å². The smallest absolute Gasteiger partial charge is 0.138 e. The lowest BCUT2D eigenvalue weighted by atomic mass is 9.66. The highest BCUT2D eigenvalue weighted by Crippen LogP contribution is 2.46. The van der Waals surface area contributed by atoms with Crippen molar-refractivity contribution in [2.75, 3.05) is 10.6 Å². The van der Waals surface area contributed by atoms with Crippen molar-refractivity contribution in [3.05, 3.63) is 132 Å². The van der Waals surface area contributed by atoms with Crippen molar-refractivity contribution in [3.8, 4) is 0 Å². The van der Waals surface area contributed by atoms with Gasteiger partial charge in [-0.25, -0.2) is 9.97 Å². The molecule has 0 amide bonds. The minimum atomic E-state index is -0.211. The largest absolute Gasteiger partial charge is 0.365 e. The van der Waals surface area contributed by atoms with Gasteiger partial charge < -0.3 is 10.6 Å². The Kier molecular flexibility index (Phi) is 10.4. The Morgan fingerprint density at radius 1 is 0.556 bits per heavy atom. The van der Waals surface area contributed by atoms with Gasteiger partial charge >= 0.3 is 0 Å². The number of nitrogens with zero attached hydrogens (tertiary/aromatic N) is 4. The van der Waals surface area contributed by atoms with Gasteiger partial charge in [0.2, 0.25) is 0 Å². The molecular formula is C48H62N6. The molecule has 4 heterocycles. The van der Waals surface area contributed by atoms with Gasteiger partial charge in [-0.3, -0.25) is 8.80 Å². The van der Waals surface area contributed by atoms with E-state index in [0.29, 0.717) is 5.92 Å². The number of nitrogens with one attached hydrogen (secondary N) is 2. The van der Waals surface area contributed by atoms with Crippen LogP contribution in [-0.2, 0) is 0 Å². The number of aromatic nitrogens is 4. The SMILES string of the molecule is CC(C)(CC(C)(C)CC(C)(C)Nc1c(C(c2ccccc2)c2ccccc2)nc2ccccn12)CC(C)(C)Nc1c(C2CCCCC2)nc2ccccn12. The molecule has 1 aliphatic rings. The van der Waals surface area contributed by atoms with Gasteiger partial charge in [0.05, 0.1) is 17.3 Å². The van der Waals surface area contributed by atoms with Crippen LogP contribution in [0.1, 0.15) is 141 Å². The Hall–Kier alpha value is -4.58. The predicted molar refractivity (Wildman–Crippen MR) is 227 cm³/mol. The summed E-state index contributed by atoms with van der Waals surface area (Å²) in [5.41, 5.74) is 6.59. The Morgan fingerprint density at radius 3 is 1.56 bits per heavy atom. The molecule has 0 bridgehead atoms. The Labute approximate surface area is 323 Å². The third-order valence-corrected chi connectivity index (χ3v) is 11.4. The van der Waals surface area contributed by atoms with Gasteiger partial charge in [-0.15, -0.1) is 0 Å². The molecule has 2 N–H and O–H groups in total. The minimum absolute atomic E-state index is 0.00110. The lowest BCUT2D eigenvalue weighted by Crippen LogP contribution is -2.41. The van der Waals surface area contributed by atoms with Crippen LogP contribution in [0.15, 0.2) is 109 Å². The number of hydrogen-bond donors (Lipinski definition) is 2. The van der Waals surface area contributed by atoms with E-state index in [1.54, 1.807) is 0 Å². The summed E-state index contributed by atoms with van der Waals surface area (Å²) in [5.74, 6) is 2.79. The maximum atomic E-state index is 5.32. The molecule has 0 unspecified atom stereocenters. The maximum absolute atomic E-state index is 5.32. The van der Waals surface area contributed by atoms with Gasteiger partial charge in [0.15, 0.2) is 0 Å². The molecule has 0 aliphatic heterocycles. The lowest BCUT2D eigenvalue weighted by molar-refractivity contribution is 0.136. The quantitative estimate of drug-likeness (QED) is 0.118. The van der Waals surface area contributed by atoms with Crippen LogP contribution in [0.25, 0.3) is 11.3 Å². The summed E-state index contributed by atoms with van der Waals surface area (Å²) in [6, 6.07) is 34.3. The number of anilines is 2. The van der Waals surface area contributed by atoms with Crippen LogP contribution in [0.2, 0.25) is 0 Å². The van der Waals surface area contributed by atoms with E-state index in [9.17, 15) is 0 Å². The van der Waals surface area contributed by atoms with Crippen LogP contribution in [0.5, 0.6) is 0 Å². The summed E-state index contributed by atoms with van der Waals surface area (Å²) in [6.45, 7) is 19.3. The summed E-state index contributed by atoms with van der Waals surface area (Å²) in [6.07, 6.45) is 13.9. The van der Waals surface area contributed by atoms with Crippen LogP contribution in [0.3, 0.4) is 0 Å². The highest BCUT2D eigenvalue weighted by Gasteiger charge is 2.39. The average molecular weight is 723 g/mol. The molecule has 6 heteroatoms. The topological polar surface area (TPSA) is 58.7 Å². The number of fused-ring (bicyclic) bond motifs is 2. The van der Waals surface area contributed by atoms with Gasteiger partial charge in [-0.2, -0.15) is 0 Å². The number of imidazole rings is 2. The Bertz CT molecular complexity index is 2110. The number of rotatable bonds is 14. The molecule has 0 atom stereocenters. The zero-order chi connectivity index (χ0) is 38.1. The Morgan fingerprint density at radius 2 is 1.02 bits per heavy atom. The average Bonchev–Trinajstić information content (AvgIpc) is 3.65. The first-order valence-corrected chi connectivity index (χ1v) is 20.3. The van der Waals surface area contributed by atoms with E-state index >= 15 is 0 Å². The van der Waals surface area contributed by atoms with Gasteiger partial charge in [0.1, 0.15) is 22.9 Å². The van der Waals surface area contributed by atoms with Crippen LogP contribution in [-0.4, -0.2) is 29.8 Å². The highest BCUT2D eigenvalue weighted by atomic mass is 15.2. The van der Waals surface area contributed by atoms with Crippen LogP contribution in [0, 0.1) is 10.8 Å². The number of benzene rings is 2. The summed E-state index contributed by atoms with van der Waals surface area (Å²) in [4.78, 5) is 10.5. The fourth-order valence-corrected chi connectivity index (χ4v) is 10.5. The molecule has 1 fully saturated rings. The zero-order valence-electron chi connectivity index (χ0n) is 34.0. The highest BCUT2D eigenvalue weighted by molar-refractivity contribution is 5.61. The minimum Gasteiger partial charge on any atom is -0.365 e. The molecule has 54 heavy (non-hydrogen) atoms. The molecule has 6 nitrogen and oxygen atoms in total. The number of hydrogen-bond acceptors (Lipinski definition) is 4. The van der Waals surface area contributed by atoms with E-state index < -0.39 is 0 Å². The summed E-state index contributed by atoms with van der Waals surface area (Å²) < 4.78 is 4.52. The second kappa shape index (κ2) is 14.9. The molecule has 1 aliphatic carbocycles. The van der Waals surface area contributed by atoms with Crippen molar-refractivity contribution in [2.24, 2.45) is 10.8 Å².